The molecule has 0 aromatic heterocycles. The summed E-state index contributed by atoms with van der Waals surface area (Å²) in [4.78, 5) is 49.2. The molecule has 2 rings (SSSR count). The van der Waals surface area contributed by atoms with Crippen LogP contribution in [0.2, 0.25) is 0 Å². The third kappa shape index (κ3) is 5.42. The van der Waals surface area contributed by atoms with Gasteiger partial charge < -0.3 is 19.7 Å². The molecule has 28 heavy (non-hydrogen) atoms. The van der Waals surface area contributed by atoms with E-state index in [1.807, 2.05) is 0 Å². The normalized spacial score (nSPS) is 15.0. The summed E-state index contributed by atoms with van der Waals surface area (Å²) in [6, 6.07) is 6.24. The van der Waals surface area contributed by atoms with Gasteiger partial charge in [-0.2, -0.15) is 0 Å². The number of anilines is 1. The highest BCUT2D eigenvalue weighted by Gasteiger charge is 2.27. The molecule has 1 fully saturated rings. The van der Waals surface area contributed by atoms with E-state index >= 15 is 0 Å². The smallest absolute Gasteiger partial charge is 0.337 e. The van der Waals surface area contributed by atoms with Gasteiger partial charge in [-0.25, -0.2) is 4.79 Å². The molecule has 0 atom stereocenters. The summed E-state index contributed by atoms with van der Waals surface area (Å²) in [7, 11) is 2.65. The lowest BCUT2D eigenvalue weighted by Gasteiger charge is -2.30. The van der Waals surface area contributed by atoms with Crippen molar-refractivity contribution in [1.82, 2.24) is 4.90 Å². The summed E-state index contributed by atoms with van der Waals surface area (Å²) in [6.45, 7) is 2.44. The molecule has 2 amide bonds. The molecule has 1 N–H and O–H groups in total. The van der Waals surface area contributed by atoms with Crippen LogP contribution in [0, 0.1) is 5.92 Å². The molecule has 1 aromatic rings. The maximum atomic E-state index is 12.4. The van der Waals surface area contributed by atoms with Crippen molar-refractivity contribution in [2.75, 3.05) is 32.6 Å². The first-order valence-electron chi connectivity index (χ1n) is 8.90. The number of piperidine rings is 1. The Morgan fingerprint density at radius 2 is 1.64 bits per heavy atom. The van der Waals surface area contributed by atoms with Crippen molar-refractivity contribution in [1.29, 1.82) is 0 Å². The number of esters is 2. The SMILES string of the molecule is COC(=O)c1ccc(NC(=O)/C(C)=C/C(=O)N2CCC(C(=O)OC)CC2)cc1. The van der Waals surface area contributed by atoms with E-state index in [-0.39, 0.29) is 23.4 Å². The number of likely N-dealkylation sites (tertiary alicyclic amines) is 1. The Bertz CT molecular complexity index is 776. The fraction of sp³-hybridized carbons (Fsp3) is 0.400. The predicted molar refractivity (Wildman–Crippen MR) is 101 cm³/mol. The number of ether oxygens (including phenoxy) is 2. The summed E-state index contributed by atoms with van der Waals surface area (Å²) >= 11 is 0. The minimum absolute atomic E-state index is 0.185. The van der Waals surface area contributed by atoms with Crippen LogP contribution in [0.4, 0.5) is 5.69 Å². The van der Waals surface area contributed by atoms with Gasteiger partial charge in [0.05, 0.1) is 25.7 Å². The van der Waals surface area contributed by atoms with Crippen molar-refractivity contribution in [2.45, 2.75) is 19.8 Å². The summed E-state index contributed by atoms with van der Waals surface area (Å²) in [5.74, 6) is -1.58. The number of benzene rings is 1. The fourth-order valence-electron chi connectivity index (χ4n) is 2.88. The summed E-state index contributed by atoms with van der Waals surface area (Å²) in [5.41, 5.74) is 1.13. The number of carbonyl (C=O) groups excluding carboxylic acids is 4. The summed E-state index contributed by atoms with van der Waals surface area (Å²) in [5, 5.41) is 2.67. The van der Waals surface area contributed by atoms with Crippen LogP contribution in [-0.4, -0.2) is 56.0 Å². The zero-order valence-electron chi connectivity index (χ0n) is 16.2. The molecular weight excluding hydrogens is 364 g/mol. The van der Waals surface area contributed by atoms with E-state index in [9.17, 15) is 19.2 Å². The highest BCUT2D eigenvalue weighted by Crippen LogP contribution is 2.19. The third-order valence-corrected chi connectivity index (χ3v) is 4.60. The molecule has 0 unspecified atom stereocenters. The van der Waals surface area contributed by atoms with Crippen LogP contribution in [0.5, 0.6) is 0 Å². The van der Waals surface area contributed by atoms with Gasteiger partial charge in [-0.3, -0.25) is 14.4 Å². The van der Waals surface area contributed by atoms with Crippen LogP contribution in [0.15, 0.2) is 35.9 Å². The van der Waals surface area contributed by atoms with Gasteiger partial charge in [0.1, 0.15) is 0 Å². The van der Waals surface area contributed by atoms with Gasteiger partial charge in [-0.1, -0.05) is 0 Å². The second kappa shape index (κ2) is 9.68. The van der Waals surface area contributed by atoms with Crippen molar-refractivity contribution in [3.8, 4) is 0 Å². The van der Waals surface area contributed by atoms with E-state index in [0.29, 0.717) is 37.2 Å². The van der Waals surface area contributed by atoms with Crippen LogP contribution >= 0.6 is 0 Å². The van der Waals surface area contributed by atoms with Crippen molar-refractivity contribution < 1.29 is 28.7 Å². The van der Waals surface area contributed by atoms with Crippen LogP contribution < -0.4 is 5.32 Å². The van der Waals surface area contributed by atoms with E-state index in [1.165, 1.54) is 32.4 Å². The van der Waals surface area contributed by atoms with Gasteiger partial charge in [0.2, 0.25) is 5.91 Å². The Labute approximate surface area is 163 Å². The molecule has 0 aliphatic carbocycles. The molecule has 0 bridgehead atoms. The number of nitrogens with zero attached hydrogens (tertiary/aromatic N) is 1. The summed E-state index contributed by atoms with van der Waals surface area (Å²) in [6.07, 6.45) is 2.38. The average Bonchev–Trinajstić information content (AvgIpc) is 2.73. The number of nitrogens with one attached hydrogen (secondary N) is 1. The maximum absolute atomic E-state index is 12.4. The van der Waals surface area contributed by atoms with Gasteiger partial charge in [-0.15, -0.1) is 0 Å². The van der Waals surface area contributed by atoms with Gasteiger partial charge in [0.25, 0.3) is 5.91 Å². The van der Waals surface area contributed by atoms with E-state index in [1.54, 1.807) is 24.0 Å². The van der Waals surface area contributed by atoms with Crippen LogP contribution in [-0.2, 0) is 23.9 Å². The molecule has 1 heterocycles. The van der Waals surface area contributed by atoms with Crippen LogP contribution in [0.1, 0.15) is 30.1 Å². The largest absolute Gasteiger partial charge is 0.469 e. The topological polar surface area (TPSA) is 102 Å². The van der Waals surface area contributed by atoms with Crippen molar-refractivity contribution in [2.24, 2.45) is 5.92 Å². The molecule has 0 saturated carbocycles. The zero-order valence-corrected chi connectivity index (χ0v) is 16.2. The molecule has 1 saturated heterocycles. The Hall–Kier alpha value is -3.16. The van der Waals surface area contributed by atoms with Gasteiger partial charge >= 0.3 is 11.9 Å². The van der Waals surface area contributed by atoms with Crippen molar-refractivity contribution >= 4 is 29.4 Å². The quantitative estimate of drug-likeness (QED) is 0.609. The molecule has 8 heteroatoms. The molecule has 8 nitrogen and oxygen atoms in total. The monoisotopic (exact) mass is 388 g/mol. The number of amides is 2. The van der Waals surface area contributed by atoms with Crippen LogP contribution in [0.25, 0.3) is 0 Å². The molecule has 0 spiro atoms. The van der Waals surface area contributed by atoms with Crippen LogP contribution in [0.3, 0.4) is 0 Å². The lowest BCUT2D eigenvalue weighted by atomic mass is 9.97. The van der Waals surface area contributed by atoms with E-state index in [4.69, 9.17) is 4.74 Å². The Morgan fingerprint density at radius 3 is 2.18 bits per heavy atom. The maximum Gasteiger partial charge on any atom is 0.337 e. The number of carbonyl (C=O) groups is 4. The number of hydrogen-bond donors (Lipinski definition) is 1. The number of rotatable bonds is 5. The molecule has 150 valence electrons. The van der Waals surface area contributed by atoms with E-state index in [0.717, 1.165) is 0 Å². The van der Waals surface area contributed by atoms with Gasteiger partial charge in [0.15, 0.2) is 0 Å². The van der Waals surface area contributed by atoms with Gasteiger partial charge in [-0.05, 0) is 44.0 Å². The highest BCUT2D eigenvalue weighted by molar-refractivity contribution is 6.07. The molecule has 1 aliphatic heterocycles. The standard InChI is InChI=1S/C20H24N2O6/c1-13(12-17(23)22-10-8-15(9-11-22)20(26)28-3)18(24)21-16-6-4-14(5-7-16)19(25)27-2/h4-7,12,15H,8-11H2,1-3H3,(H,21,24)/b13-12+. The Kier molecular flexibility index (Phi) is 7.31. The number of methoxy groups -OCH3 is 2. The first kappa shape index (κ1) is 21.1. The second-order valence-corrected chi connectivity index (χ2v) is 6.47. The van der Waals surface area contributed by atoms with Gasteiger partial charge in [0, 0.05) is 30.4 Å². The predicted octanol–water partition coefficient (Wildman–Crippen LogP) is 1.77. The molecule has 1 aliphatic rings. The lowest BCUT2D eigenvalue weighted by molar-refractivity contribution is -0.148. The Balaban J connectivity index is 1.91. The molecular formula is C20H24N2O6. The van der Waals surface area contributed by atoms with E-state index < -0.39 is 11.9 Å². The van der Waals surface area contributed by atoms with E-state index in [2.05, 4.69) is 10.1 Å². The lowest BCUT2D eigenvalue weighted by Crippen LogP contribution is -2.40. The first-order valence-corrected chi connectivity index (χ1v) is 8.90. The first-order chi connectivity index (χ1) is 13.3. The highest BCUT2D eigenvalue weighted by atomic mass is 16.5. The molecule has 1 aromatic carbocycles. The summed E-state index contributed by atoms with van der Waals surface area (Å²) < 4.78 is 9.35. The fourth-order valence-corrected chi connectivity index (χ4v) is 2.88. The average molecular weight is 388 g/mol. The molecule has 0 radical (unpaired) electrons. The minimum Gasteiger partial charge on any atom is -0.469 e. The number of hydrogen-bond acceptors (Lipinski definition) is 6. The zero-order chi connectivity index (χ0) is 20.7. The van der Waals surface area contributed by atoms with Crippen molar-refractivity contribution in [3.05, 3.63) is 41.5 Å². The van der Waals surface area contributed by atoms with Crippen molar-refractivity contribution in [3.63, 3.8) is 0 Å². The Morgan fingerprint density at radius 1 is 1.04 bits per heavy atom. The minimum atomic E-state index is -0.462. The second-order valence-electron chi connectivity index (χ2n) is 6.47. The third-order valence-electron chi connectivity index (χ3n) is 4.60.